The fourth-order valence-electron chi connectivity index (χ4n) is 2.78. The molecule has 1 fully saturated rings. The Morgan fingerprint density at radius 2 is 2.00 bits per heavy atom. The number of hydrogen-bond acceptors (Lipinski definition) is 4. The number of fused-ring (bicyclic) bond motifs is 1. The second kappa shape index (κ2) is 6.49. The Morgan fingerprint density at radius 3 is 2.71 bits per heavy atom. The first-order valence-corrected chi connectivity index (χ1v) is 8.16. The summed E-state index contributed by atoms with van der Waals surface area (Å²) in [6, 6.07) is 7.86. The summed E-state index contributed by atoms with van der Waals surface area (Å²) in [6.45, 7) is 6.90. The number of thiocarbonyl (C=S) groups is 1. The highest BCUT2D eigenvalue weighted by Crippen LogP contribution is 2.38. The van der Waals surface area contributed by atoms with Gasteiger partial charge in [0.2, 0.25) is 5.88 Å². The number of carbonyl (C=O) groups is 1. The van der Waals surface area contributed by atoms with Crippen molar-refractivity contribution < 1.29 is 9.53 Å². The molecule has 0 aromatic heterocycles. The predicted octanol–water partition coefficient (Wildman–Crippen LogP) is 2.88. The van der Waals surface area contributed by atoms with Gasteiger partial charge in [-0.1, -0.05) is 18.2 Å². The Kier molecular flexibility index (Phi) is 4.40. The van der Waals surface area contributed by atoms with Gasteiger partial charge in [0.25, 0.3) is 5.91 Å². The highest BCUT2D eigenvalue weighted by Gasteiger charge is 2.34. The summed E-state index contributed by atoms with van der Waals surface area (Å²) < 4.78 is 5.89. The van der Waals surface area contributed by atoms with Crippen LogP contribution in [-0.2, 0) is 4.79 Å². The summed E-state index contributed by atoms with van der Waals surface area (Å²) in [7, 11) is 1.79. The Hall–Kier alpha value is -2.60. The third kappa shape index (κ3) is 2.59. The average Bonchev–Trinajstić information content (AvgIpc) is 3.04. The minimum absolute atomic E-state index is 0.127. The van der Waals surface area contributed by atoms with Crippen LogP contribution in [0.3, 0.4) is 0 Å². The summed E-state index contributed by atoms with van der Waals surface area (Å²) in [4.78, 5) is 17.8. The van der Waals surface area contributed by atoms with Crippen LogP contribution >= 0.6 is 12.2 Å². The largest absolute Gasteiger partial charge is 0.439 e. The first-order valence-electron chi connectivity index (χ1n) is 7.75. The van der Waals surface area contributed by atoms with Gasteiger partial charge in [0.05, 0.1) is 5.69 Å². The molecule has 0 atom stereocenters. The highest BCUT2D eigenvalue weighted by atomic mass is 32.1. The summed E-state index contributed by atoms with van der Waals surface area (Å²) >= 11 is 5.31. The lowest BCUT2D eigenvalue weighted by atomic mass is 10.3. The molecule has 2 aliphatic heterocycles. The molecule has 1 amide bonds. The molecule has 3 rings (SSSR count). The normalized spacial score (nSPS) is 20.2. The van der Waals surface area contributed by atoms with E-state index in [-0.39, 0.29) is 5.91 Å². The Balaban J connectivity index is 1.90. The van der Waals surface area contributed by atoms with E-state index >= 15 is 0 Å². The van der Waals surface area contributed by atoms with Gasteiger partial charge in [0, 0.05) is 26.2 Å². The summed E-state index contributed by atoms with van der Waals surface area (Å²) in [5.41, 5.74) is 1.55. The molecule has 0 spiro atoms. The molecular formula is C18H19N3O2S. The van der Waals surface area contributed by atoms with Crippen molar-refractivity contribution in [2.45, 2.75) is 6.92 Å². The van der Waals surface area contributed by atoms with Crippen LogP contribution in [0, 0.1) is 0 Å². The molecule has 1 aromatic rings. The average molecular weight is 341 g/mol. The predicted molar refractivity (Wildman–Crippen MR) is 98.5 cm³/mol. The number of amides is 1. The van der Waals surface area contributed by atoms with Crippen molar-refractivity contribution in [1.29, 1.82) is 0 Å². The second-order valence-corrected chi connectivity index (χ2v) is 5.78. The SMILES string of the molecule is C=CCN1C(=O)C(=CC=C2Oc3ccccc3N2CC)N(C)C1=S. The number of ether oxygens (including phenoxy) is 1. The maximum Gasteiger partial charge on any atom is 0.277 e. The van der Waals surface area contributed by atoms with Crippen molar-refractivity contribution in [1.82, 2.24) is 9.80 Å². The number of carbonyl (C=O) groups excluding carboxylic acids is 1. The van der Waals surface area contributed by atoms with Crippen LogP contribution in [0.25, 0.3) is 0 Å². The van der Waals surface area contributed by atoms with E-state index in [1.54, 1.807) is 24.1 Å². The Bertz CT molecular complexity index is 769. The van der Waals surface area contributed by atoms with Crippen LogP contribution < -0.4 is 9.64 Å². The monoisotopic (exact) mass is 341 g/mol. The molecule has 0 saturated carbocycles. The van der Waals surface area contributed by atoms with E-state index in [4.69, 9.17) is 17.0 Å². The number of allylic oxidation sites excluding steroid dienone is 2. The van der Waals surface area contributed by atoms with Crippen LogP contribution in [-0.4, -0.2) is 41.0 Å². The fourth-order valence-corrected chi connectivity index (χ4v) is 3.04. The molecule has 2 heterocycles. The van der Waals surface area contributed by atoms with Gasteiger partial charge in [-0.05, 0) is 37.4 Å². The van der Waals surface area contributed by atoms with Gasteiger partial charge < -0.3 is 14.5 Å². The van der Waals surface area contributed by atoms with Crippen molar-refractivity contribution in [2.75, 3.05) is 25.0 Å². The molecule has 0 aliphatic carbocycles. The quantitative estimate of drug-likeness (QED) is 0.478. The zero-order valence-electron chi connectivity index (χ0n) is 13.7. The summed E-state index contributed by atoms with van der Waals surface area (Å²) in [5, 5.41) is 0.479. The summed E-state index contributed by atoms with van der Waals surface area (Å²) in [6.07, 6.45) is 5.23. The number of nitrogens with zero attached hydrogens (tertiary/aromatic N) is 3. The smallest absolute Gasteiger partial charge is 0.277 e. The molecular weight excluding hydrogens is 322 g/mol. The maximum absolute atomic E-state index is 12.5. The number of benzene rings is 1. The van der Waals surface area contributed by atoms with E-state index < -0.39 is 0 Å². The Morgan fingerprint density at radius 1 is 1.25 bits per heavy atom. The van der Waals surface area contributed by atoms with E-state index in [0.29, 0.717) is 23.2 Å². The number of likely N-dealkylation sites (N-methyl/N-ethyl adjacent to an activating group) is 1. The standard InChI is InChI=1S/C18H19N3O2S/c1-4-12-21-17(22)14(19(3)18(21)24)10-11-16-20(5-2)13-8-6-7-9-15(13)23-16/h4,6-11H,1,5,12H2,2-3H3. The Labute approximate surface area is 147 Å². The lowest BCUT2D eigenvalue weighted by molar-refractivity contribution is -0.122. The molecule has 0 bridgehead atoms. The van der Waals surface area contributed by atoms with Crippen LogP contribution in [0.2, 0.25) is 0 Å². The molecule has 0 unspecified atom stereocenters. The minimum Gasteiger partial charge on any atom is -0.439 e. The minimum atomic E-state index is -0.127. The topological polar surface area (TPSA) is 36.0 Å². The molecule has 24 heavy (non-hydrogen) atoms. The number of para-hydroxylation sites is 2. The first-order chi connectivity index (χ1) is 11.6. The second-order valence-electron chi connectivity index (χ2n) is 5.42. The van der Waals surface area contributed by atoms with Crippen molar-refractivity contribution in [3.63, 3.8) is 0 Å². The van der Waals surface area contributed by atoms with Crippen molar-refractivity contribution in [3.05, 3.63) is 60.7 Å². The van der Waals surface area contributed by atoms with E-state index in [1.165, 1.54) is 4.90 Å². The van der Waals surface area contributed by atoms with Crippen LogP contribution in [0.4, 0.5) is 5.69 Å². The van der Waals surface area contributed by atoms with Crippen molar-refractivity contribution in [2.24, 2.45) is 0 Å². The van der Waals surface area contributed by atoms with Crippen molar-refractivity contribution >= 4 is 28.9 Å². The molecule has 1 aromatic carbocycles. The highest BCUT2D eigenvalue weighted by molar-refractivity contribution is 7.80. The molecule has 0 radical (unpaired) electrons. The van der Waals surface area contributed by atoms with Crippen LogP contribution in [0.5, 0.6) is 5.75 Å². The maximum atomic E-state index is 12.5. The van der Waals surface area contributed by atoms with Gasteiger partial charge in [-0.25, -0.2) is 0 Å². The van der Waals surface area contributed by atoms with Crippen molar-refractivity contribution in [3.8, 4) is 5.75 Å². The molecule has 124 valence electrons. The van der Waals surface area contributed by atoms with Gasteiger partial charge in [0.1, 0.15) is 5.70 Å². The zero-order chi connectivity index (χ0) is 17.3. The fraction of sp³-hybridized carbons (Fsp3) is 0.222. The van der Waals surface area contributed by atoms with Gasteiger partial charge >= 0.3 is 0 Å². The van der Waals surface area contributed by atoms with Gasteiger partial charge in [-0.3, -0.25) is 9.69 Å². The van der Waals surface area contributed by atoms with E-state index in [9.17, 15) is 4.79 Å². The van der Waals surface area contributed by atoms with Gasteiger partial charge in [0.15, 0.2) is 10.9 Å². The zero-order valence-corrected chi connectivity index (χ0v) is 14.5. The lowest BCUT2D eigenvalue weighted by Gasteiger charge is -2.15. The third-order valence-corrected chi connectivity index (χ3v) is 4.49. The third-order valence-electron chi connectivity index (χ3n) is 3.99. The van der Waals surface area contributed by atoms with Crippen LogP contribution in [0.1, 0.15) is 6.92 Å². The summed E-state index contributed by atoms with van der Waals surface area (Å²) in [5.74, 6) is 1.39. The molecule has 0 N–H and O–H groups in total. The molecule has 2 aliphatic rings. The molecule has 6 heteroatoms. The van der Waals surface area contributed by atoms with E-state index in [0.717, 1.165) is 18.0 Å². The van der Waals surface area contributed by atoms with Crippen LogP contribution in [0.15, 0.2) is 60.7 Å². The van der Waals surface area contributed by atoms with E-state index in [1.807, 2.05) is 30.3 Å². The molecule has 1 saturated heterocycles. The number of hydrogen-bond donors (Lipinski definition) is 0. The van der Waals surface area contributed by atoms with E-state index in [2.05, 4.69) is 18.4 Å². The number of rotatable bonds is 4. The lowest BCUT2D eigenvalue weighted by Crippen LogP contribution is -2.31. The first kappa shape index (κ1) is 16.3. The molecule has 5 nitrogen and oxygen atoms in total. The number of anilines is 1. The van der Waals surface area contributed by atoms with Gasteiger partial charge in [-0.15, -0.1) is 6.58 Å². The van der Waals surface area contributed by atoms with Gasteiger partial charge in [-0.2, -0.15) is 0 Å².